The summed E-state index contributed by atoms with van der Waals surface area (Å²) in [7, 11) is 0. The summed E-state index contributed by atoms with van der Waals surface area (Å²) >= 11 is 0. The van der Waals surface area contributed by atoms with E-state index in [9.17, 15) is 0 Å². The summed E-state index contributed by atoms with van der Waals surface area (Å²) in [6, 6.07) is 0. The minimum atomic E-state index is 0.209. The van der Waals surface area contributed by atoms with Crippen molar-refractivity contribution < 1.29 is 4.74 Å². The van der Waals surface area contributed by atoms with Crippen molar-refractivity contribution in [3.63, 3.8) is 0 Å². The molecular formula is C15H25N3O. The first-order valence-electron chi connectivity index (χ1n) is 7.63. The second kappa shape index (κ2) is 5.25. The number of aryl methyl sites for hydroxylation is 1. The summed E-state index contributed by atoms with van der Waals surface area (Å²) in [6.07, 6.45) is 5.59. The van der Waals surface area contributed by atoms with Crippen LogP contribution in [0.3, 0.4) is 0 Å². The Morgan fingerprint density at radius 3 is 2.89 bits per heavy atom. The molecule has 4 heteroatoms. The fourth-order valence-corrected chi connectivity index (χ4v) is 3.43. The maximum atomic E-state index is 5.56. The van der Waals surface area contributed by atoms with Crippen molar-refractivity contribution in [3.8, 4) is 0 Å². The van der Waals surface area contributed by atoms with E-state index in [2.05, 4.69) is 23.7 Å². The van der Waals surface area contributed by atoms with Gasteiger partial charge < -0.3 is 14.6 Å². The minimum Gasteiger partial charge on any atom is -0.381 e. The molecule has 1 saturated heterocycles. The van der Waals surface area contributed by atoms with E-state index in [0.29, 0.717) is 0 Å². The third-order valence-corrected chi connectivity index (χ3v) is 4.54. The summed E-state index contributed by atoms with van der Waals surface area (Å²) in [5, 5.41) is 3.44. The summed E-state index contributed by atoms with van der Waals surface area (Å²) < 4.78 is 8.14. The average Bonchev–Trinajstić information content (AvgIpc) is 2.78. The minimum absolute atomic E-state index is 0.209. The monoisotopic (exact) mass is 263 g/mol. The number of hydrogen-bond donors (Lipinski definition) is 1. The van der Waals surface area contributed by atoms with E-state index in [1.807, 2.05) is 0 Å². The van der Waals surface area contributed by atoms with E-state index in [-0.39, 0.29) is 5.54 Å². The van der Waals surface area contributed by atoms with E-state index in [4.69, 9.17) is 9.72 Å². The van der Waals surface area contributed by atoms with Crippen LogP contribution in [0.5, 0.6) is 0 Å². The molecule has 19 heavy (non-hydrogen) atoms. The molecule has 0 amide bonds. The van der Waals surface area contributed by atoms with E-state index in [1.54, 1.807) is 0 Å². The molecular weight excluding hydrogens is 238 g/mol. The van der Waals surface area contributed by atoms with Crippen LogP contribution in [0.2, 0.25) is 0 Å². The predicted octanol–water partition coefficient (Wildman–Crippen LogP) is 2.01. The Morgan fingerprint density at radius 1 is 1.37 bits per heavy atom. The number of aromatic nitrogens is 2. The zero-order chi connectivity index (χ0) is 13.3. The van der Waals surface area contributed by atoms with Gasteiger partial charge in [-0.05, 0) is 26.2 Å². The van der Waals surface area contributed by atoms with Crippen LogP contribution in [0, 0.1) is 0 Å². The second-order valence-electron chi connectivity index (χ2n) is 6.04. The Kier molecular flexibility index (Phi) is 3.63. The third kappa shape index (κ3) is 2.32. The van der Waals surface area contributed by atoms with E-state index in [1.165, 1.54) is 17.2 Å². The van der Waals surface area contributed by atoms with Crippen molar-refractivity contribution >= 4 is 0 Å². The number of imidazole rings is 1. The normalized spacial score (nSPS) is 22.2. The zero-order valence-electron chi connectivity index (χ0n) is 12.2. The number of nitrogens with one attached hydrogen (secondary N) is 1. The molecule has 0 radical (unpaired) electrons. The molecule has 1 aromatic heterocycles. The van der Waals surface area contributed by atoms with Gasteiger partial charge >= 0.3 is 0 Å². The van der Waals surface area contributed by atoms with E-state index in [0.717, 1.165) is 58.4 Å². The number of ether oxygens (including phenoxy) is 1. The van der Waals surface area contributed by atoms with Crippen molar-refractivity contribution in [2.24, 2.45) is 0 Å². The van der Waals surface area contributed by atoms with Crippen LogP contribution < -0.4 is 5.32 Å². The molecule has 0 aliphatic carbocycles. The first-order valence-corrected chi connectivity index (χ1v) is 7.63. The number of fused-ring (bicyclic) bond motifs is 1. The standard InChI is InChI=1S/C15H25N3O/c1-3-4-14-17-12-11-16-8-5-13(12)18(14)15(2)6-9-19-10-7-15/h16H,3-11H2,1-2H3. The lowest BCUT2D eigenvalue weighted by molar-refractivity contribution is 0.0270. The van der Waals surface area contributed by atoms with E-state index < -0.39 is 0 Å². The first-order chi connectivity index (χ1) is 9.24. The van der Waals surface area contributed by atoms with Gasteiger partial charge in [-0.2, -0.15) is 0 Å². The van der Waals surface area contributed by atoms with Gasteiger partial charge in [0.2, 0.25) is 0 Å². The SMILES string of the molecule is CCCc1nc2c(n1C1(C)CCOCC1)CCNC2. The molecule has 0 atom stereocenters. The number of hydrogen-bond acceptors (Lipinski definition) is 3. The van der Waals surface area contributed by atoms with Gasteiger partial charge in [-0.1, -0.05) is 6.92 Å². The lowest BCUT2D eigenvalue weighted by Crippen LogP contribution is -2.40. The molecule has 1 aromatic rings. The largest absolute Gasteiger partial charge is 0.381 e. The summed E-state index contributed by atoms with van der Waals surface area (Å²) in [6.45, 7) is 8.41. The average molecular weight is 263 g/mol. The van der Waals surface area contributed by atoms with Gasteiger partial charge in [0.1, 0.15) is 5.82 Å². The highest BCUT2D eigenvalue weighted by atomic mass is 16.5. The van der Waals surface area contributed by atoms with Crippen LogP contribution in [-0.2, 0) is 29.7 Å². The molecule has 0 unspecified atom stereocenters. The van der Waals surface area contributed by atoms with Crippen LogP contribution in [0.25, 0.3) is 0 Å². The molecule has 0 saturated carbocycles. The highest BCUT2D eigenvalue weighted by Crippen LogP contribution is 2.34. The molecule has 4 nitrogen and oxygen atoms in total. The highest BCUT2D eigenvalue weighted by molar-refractivity contribution is 5.23. The molecule has 0 spiro atoms. The maximum absolute atomic E-state index is 5.56. The van der Waals surface area contributed by atoms with Crippen LogP contribution >= 0.6 is 0 Å². The topological polar surface area (TPSA) is 39.1 Å². The zero-order valence-corrected chi connectivity index (χ0v) is 12.2. The Labute approximate surface area is 115 Å². The van der Waals surface area contributed by atoms with Gasteiger partial charge in [0.25, 0.3) is 0 Å². The second-order valence-corrected chi connectivity index (χ2v) is 6.04. The Bertz CT molecular complexity index is 446. The number of nitrogens with zero attached hydrogens (tertiary/aromatic N) is 2. The molecule has 3 heterocycles. The fourth-order valence-electron chi connectivity index (χ4n) is 3.43. The Balaban J connectivity index is 2.03. The van der Waals surface area contributed by atoms with Crippen LogP contribution in [-0.4, -0.2) is 29.3 Å². The Hall–Kier alpha value is -0.870. The molecule has 2 aliphatic heterocycles. The molecule has 2 aliphatic rings. The van der Waals surface area contributed by atoms with Gasteiger partial charge in [-0.15, -0.1) is 0 Å². The maximum Gasteiger partial charge on any atom is 0.109 e. The molecule has 0 bridgehead atoms. The molecule has 1 fully saturated rings. The smallest absolute Gasteiger partial charge is 0.109 e. The van der Waals surface area contributed by atoms with Crippen molar-refractivity contribution in [3.05, 3.63) is 17.2 Å². The van der Waals surface area contributed by atoms with Crippen molar-refractivity contribution in [1.29, 1.82) is 0 Å². The van der Waals surface area contributed by atoms with Gasteiger partial charge in [-0.25, -0.2) is 4.98 Å². The molecule has 1 N–H and O–H groups in total. The molecule has 106 valence electrons. The van der Waals surface area contributed by atoms with Gasteiger partial charge in [-0.3, -0.25) is 0 Å². The molecule has 3 rings (SSSR count). The lowest BCUT2D eigenvalue weighted by Gasteiger charge is -2.38. The fraction of sp³-hybridized carbons (Fsp3) is 0.800. The quantitative estimate of drug-likeness (QED) is 0.906. The van der Waals surface area contributed by atoms with Crippen molar-refractivity contribution in [1.82, 2.24) is 14.9 Å². The van der Waals surface area contributed by atoms with Gasteiger partial charge in [0, 0.05) is 50.4 Å². The Morgan fingerprint density at radius 2 is 2.16 bits per heavy atom. The van der Waals surface area contributed by atoms with Crippen molar-refractivity contribution in [2.75, 3.05) is 19.8 Å². The predicted molar refractivity (Wildman–Crippen MR) is 75.3 cm³/mol. The van der Waals surface area contributed by atoms with Crippen molar-refractivity contribution in [2.45, 2.75) is 58.0 Å². The van der Waals surface area contributed by atoms with Crippen LogP contribution in [0.4, 0.5) is 0 Å². The van der Waals surface area contributed by atoms with Gasteiger partial charge in [0.05, 0.1) is 5.69 Å². The van der Waals surface area contributed by atoms with E-state index >= 15 is 0 Å². The molecule has 0 aromatic carbocycles. The third-order valence-electron chi connectivity index (χ3n) is 4.54. The summed E-state index contributed by atoms with van der Waals surface area (Å²) in [4.78, 5) is 4.92. The van der Waals surface area contributed by atoms with Gasteiger partial charge in [0.15, 0.2) is 0 Å². The number of rotatable bonds is 3. The summed E-state index contributed by atoms with van der Waals surface area (Å²) in [5.41, 5.74) is 2.97. The van der Waals surface area contributed by atoms with Crippen LogP contribution in [0.1, 0.15) is 50.3 Å². The van der Waals surface area contributed by atoms with Crippen LogP contribution in [0.15, 0.2) is 0 Å². The summed E-state index contributed by atoms with van der Waals surface area (Å²) in [5.74, 6) is 1.29. The lowest BCUT2D eigenvalue weighted by atomic mass is 9.91. The highest BCUT2D eigenvalue weighted by Gasteiger charge is 2.34. The first kappa shape index (κ1) is 13.1.